The third kappa shape index (κ3) is 13.5. The number of hydrogen-bond acceptors (Lipinski definition) is 8. The van der Waals surface area contributed by atoms with Crippen LogP contribution in [0.25, 0.3) is 0 Å². The van der Waals surface area contributed by atoms with Crippen LogP contribution in [0.1, 0.15) is 42.4 Å². The molecule has 0 aromatic heterocycles. The Morgan fingerprint density at radius 1 is 0.731 bits per heavy atom. The maximum absolute atomic E-state index is 14.0. The molecular weight excluding hydrogens is 690 g/mol. The van der Waals surface area contributed by atoms with Crippen molar-refractivity contribution >= 4 is 47.0 Å². The van der Waals surface area contributed by atoms with E-state index >= 15 is 0 Å². The molecule has 4 rings (SSSR count). The summed E-state index contributed by atoms with van der Waals surface area (Å²) in [4.78, 5) is 83.1. The number of carbonyl (C=O) groups is 6. The van der Waals surface area contributed by atoms with E-state index in [1.54, 1.807) is 4.90 Å². The van der Waals surface area contributed by atoms with Crippen molar-refractivity contribution < 1.29 is 33.5 Å². The second-order valence-electron chi connectivity index (χ2n) is 13.1. The predicted molar refractivity (Wildman–Crippen MR) is 195 cm³/mol. The van der Waals surface area contributed by atoms with Gasteiger partial charge in [-0.3, -0.25) is 33.7 Å². The number of amides is 6. The van der Waals surface area contributed by atoms with Gasteiger partial charge in [0.2, 0.25) is 35.4 Å². The van der Waals surface area contributed by atoms with Crippen LogP contribution in [-0.4, -0.2) is 122 Å². The summed E-state index contributed by atoms with van der Waals surface area (Å²) in [5.41, 5.74) is 2.78. The Bertz CT molecular complexity index is 1500. The first kappa shape index (κ1) is 40.2. The molecule has 2 aromatic rings. The summed E-state index contributed by atoms with van der Waals surface area (Å²) in [6.45, 7) is 5.22. The van der Waals surface area contributed by atoms with Crippen LogP contribution in [0.3, 0.4) is 0 Å². The molecule has 2 aromatic carbocycles. The summed E-state index contributed by atoms with van der Waals surface area (Å²) < 4.78 is 5.34. The molecule has 0 unspecified atom stereocenters. The minimum atomic E-state index is -1.26. The Hall–Kier alpha value is -4.53. The number of benzene rings is 2. The van der Waals surface area contributed by atoms with Crippen LogP contribution in [-0.2, 0) is 46.5 Å². The largest absolute Gasteiger partial charge is 0.379 e. The van der Waals surface area contributed by atoms with E-state index in [2.05, 4.69) is 26.6 Å². The van der Waals surface area contributed by atoms with Gasteiger partial charge >= 0.3 is 0 Å². The van der Waals surface area contributed by atoms with Gasteiger partial charge in [0.1, 0.15) is 24.0 Å². The summed E-state index contributed by atoms with van der Waals surface area (Å²) in [5.74, 6) is -3.35. The van der Waals surface area contributed by atoms with E-state index in [-0.39, 0.29) is 50.7 Å². The lowest BCUT2D eigenvalue weighted by atomic mass is 10.0. The van der Waals surface area contributed by atoms with Crippen molar-refractivity contribution in [2.75, 3.05) is 58.4 Å². The van der Waals surface area contributed by atoms with Gasteiger partial charge in [0.25, 0.3) is 0 Å². The molecule has 5 N–H and O–H groups in total. The molecule has 2 heterocycles. The van der Waals surface area contributed by atoms with Gasteiger partial charge in [-0.05, 0) is 37.3 Å². The third-order valence-corrected chi connectivity index (χ3v) is 9.23. The van der Waals surface area contributed by atoms with Gasteiger partial charge < -0.3 is 36.2 Å². The first-order valence-electron chi connectivity index (χ1n) is 17.8. The summed E-state index contributed by atoms with van der Waals surface area (Å²) in [6.07, 6.45) is 1.87. The molecule has 2 fully saturated rings. The van der Waals surface area contributed by atoms with Crippen LogP contribution >= 0.6 is 11.6 Å². The van der Waals surface area contributed by atoms with Gasteiger partial charge in [0.15, 0.2) is 0 Å². The maximum atomic E-state index is 14.0. The maximum Gasteiger partial charge on any atom is 0.245 e. The van der Waals surface area contributed by atoms with Gasteiger partial charge in [-0.2, -0.15) is 0 Å². The molecule has 15 heteroatoms. The van der Waals surface area contributed by atoms with Gasteiger partial charge in [-0.1, -0.05) is 60.2 Å². The number of aryl methyl sites for hydroxylation is 1. The number of hydrogen-bond donors (Lipinski definition) is 5. The Labute approximate surface area is 309 Å². The van der Waals surface area contributed by atoms with Crippen molar-refractivity contribution in [2.24, 2.45) is 0 Å². The molecule has 6 amide bonds. The van der Waals surface area contributed by atoms with Gasteiger partial charge in [-0.15, -0.1) is 11.6 Å². The number of morpholine rings is 1. The molecule has 52 heavy (non-hydrogen) atoms. The van der Waals surface area contributed by atoms with Crippen molar-refractivity contribution in [1.82, 2.24) is 36.4 Å². The minimum absolute atomic E-state index is 0.00368. The molecule has 0 spiro atoms. The van der Waals surface area contributed by atoms with E-state index in [4.69, 9.17) is 16.3 Å². The Balaban J connectivity index is 1.51. The molecule has 14 nitrogen and oxygen atoms in total. The quantitative estimate of drug-likeness (QED) is 0.137. The summed E-state index contributed by atoms with van der Waals surface area (Å²) in [7, 11) is 0. The fraction of sp³-hybridized carbons (Fsp3) is 0.514. The van der Waals surface area contributed by atoms with E-state index in [1.807, 2.05) is 66.4 Å². The number of nitrogens with zero attached hydrogens (tertiary/aromatic N) is 2. The normalized spacial score (nSPS) is 16.2. The number of nitrogens with one attached hydrogen (secondary N) is 5. The van der Waals surface area contributed by atoms with Gasteiger partial charge in [-0.25, -0.2) is 0 Å². The summed E-state index contributed by atoms with van der Waals surface area (Å²) in [6, 6.07) is 13.4. The molecule has 0 radical (unpaired) electrons. The van der Waals surface area contributed by atoms with E-state index in [9.17, 15) is 28.8 Å². The highest BCUT2D eigenvalue weighted by atomic mass is 35.5. The average Bonchev–Trinajstić information content (AvgIpc) is 3.70. The van der Waals surface area contributed by atoms with Crippen molar-refractivity contribution in [3.63, 3.8) is 0 Å². The van der Waals surface area contributed by atoms with Crippen LogP contribution in [0, 0.1) is 6.92 Å². The van der Waals surface area contributed by atoms with Crippen molar-refractivity contribution in [3.05, 3.63) is 71.3 Å². The Morgan fingerprint density at radius 3 is 2.06 bits per heavy atom. The first-order valence-corrected chi connectivity index (χ1v) is 18.3. The zero-order valence-electron chi connectivity index (χ0n) is 29.7. The number of alkyl halides is 1. The Morgan fingerprint density at radius 2 is 1.38 bits per heavy atom. The lowest BCUT2D eigenvalue weighted by molar-refractivity contribution is -0.135. The number of ether oxygens (including phenoxy) is 1. The summed E-state index contributed by atoms with van der Waals surface area (Å²) >= 11 is 5.66. The fourth-order valence-electron chi connectivity index (χ4n) is 5.96. The summed E-state index contributed by atoms with van der Waals surface area (Å²) in [5, 5.41) is 13.6. The monoisotopic (exact) mass is 739 g/mol. The van der Waals surface area contributed by atoms with Crippen molar-refractivity contribution in [1.29, 1.82) is 0 Å². The number of rotatable bonds is 18. The highest BCUT2D eigenvalue weighted by Gasteiger charge is 2.31. The molecule has 0 saturated carbocycles. The lowest BCUT2D eigenvalue weighted by Crippen LogP contribution is -2.59. The molecule has 3 atom stereocenters. The Kier molecular flexibility index (Phi) is 16.3. The molecule has 2 aliphatic rings. The second kappa shape index (κ2) is 21.1. The van der Waals surface area contributed by atoms with Crippen LogP contribution in [0.5, 0.6) is 0 Å². The topological polar surface area (TPSA) is 178 Å². The van der Waals surface area contributed by atoms with E-state index in [0.717, 1.165) is 29.5 Å². The van der Waals surface area contributed by atoms with Crippen LogP contribution < -0.4 is 26.6 Å². The smallest absolute Gasteiger partial charge is 0.245 e. The minimum Gasteiger partial charge on any atom is -0.379 e. The molecule has 0 bridgehead atoms. The number of carbonyl (C=O) groups excluding carboxylic acids is 6. The van der Waals surface area contributed by atoms with Crippen LogP contribution in [0.4, 0.5) is 0 Å². The predicted octanol–water partition coefficient (Wildman–Crippen LogP) is 0.398. The van der Waals surface area contributed by atoms with E-state index < -0.39 is 47.7 Å². The van der Waals surface area contributed by atoms with E-state index in [0.29, 0.717) is 39.4 Å². The zero-order valence-corrected chi connectivity index (χ0v) is 30.4. The first-order chi connectivity index (χ1) is 25.1. The third-order valence-electron chi connectivity index (χ3n) is 8.99. The van der Waals surface area contributed by atoms with Crippen molar-refractivity contribution in [2.45, 2.75) is 63.7 Å². The fourth-order valence-corrected chi connectivity index (χ4v) is 6.05. The molecule has 282 valence electrons. The molecule has 2 saturated heterocycles. The highest BCUT2D eigenvalue weighted by Crippen LogP contribution is 2.12. The molecular formula is C37H50ClN7O7. The number of halogens is 1. The van der Waals surface area contributed by atoms with Gasteiger partial charge in [0, 0.05) is 52.1 Å². The lowest BCUT2D eigenvalue weighted by Gasteiger charge is -2.28. The molecule has 0 aliphatic carbocycles. The zero-order chi connectivity index (χ0) is 37.3. The highest BCUT2D eigenvalue weighted by molar-refractivity contribution is 6.27. The number of likely N-dealkylation sites (tertiary alicyclic amines) is 1. The SMILES string of the molecule is Cc1ccc(CNC(=O)[C@H](Cc2ccccc2)NC(=O)[C@H](CCC(=O)N2CCCC2)NC(=O)[C@H](CNC(=O)CCl)NC(=O)CN2CCOCC2)cc1. The van der Waals surface area contributed by atoms with Crippen LogP contribution in [0.15, 0.2) is 54.6 Å². The molecule has 2 aliphatic heterocycles. The second-order valence-corrected chi connectivity index (χ2v) is 13.4. The van der Waals surface area contributed by atoms with Crippen LogP contribution in [0.2, 0.25) is 0 Å². The average molecular weight is 740 g/mol. The van der Waals surface area contributed by atoms with Gasteiger partial charge in [0.05, 0.1) is 19.8 Å². The van der Waals surface area contributed by atoms with E-state index in [1.165, 1.54) is 0 Å². The van der Waals surface area contributed by atoms with Crippen molar-refractivity contribution in [3.8, 4) is 0 Å². The standard InChI is InChI=1S/C37H50ClN7O7/c1-26-9-11-28(12-10-26)23-40-35(49)30(21-27-7-3-2-4-8-27)43-36(50)29(13-14-34(48)45-15-5-6-16-45)42-37(51)31(24-39-32(46)22-38)41-33(47)25-44-17-19-52-20-18-44/h2-4,7-12,29-31H,5-6,13-25H2,1H3,(H,39,46)(H,40,49)(H,41,47)(H,42,51)(H,43,50)/t29-,30-,31-/m0/s1.